The summed E-state index contributed by atoms with van der Waals surface area (Å²) in [5.41, 5.74) is 1.15. The van der Waals surface area contributed by atoms with Gasteiger partial charge in [-0.25, -0.2) is 0 Å². The molecule has 0 spiro atoms. The molecule has 2 aromatic heterocycles. The number of hydrogen-bond acceptors (Lipinski definition) is 4. The lowest BCUT2D eigenvalue weighted by Crippen LogP contribution is -2.20. The molecule has 2 aliphatic rings. The highest BCUT2D eigenvalue weighted by molar-refractivity contribution is 6.30. The zero-order valence-corrected chi connectivity index (χ0v) is 12.8. The molecule has 0 bridgehead atoms. The Morgan fingerprint density at radius 3 is 2.57 bits per heavy atom. The molecule has 4 rings (SSSR count). The molecule has 112 valence electrons. The lowest BCUT2D eigenvalue weighted by Gasteiger charge is -2.21. The van der Waals surface area contributed by atoms with Crippen LogP contribution < -0.4 is 5.32 Å². The summed E-state index contributed by atoms with van der Waals surface area (Å²) in [6, 6.07) is 0.524. The van der Waals surface area contributed by atoms with E-state index in [1.54, 1.807) is 6.33 Å². The Morgan fingerprint density at radius 2 is 1.81 bits per heavy atom. The van der Waals surface area contributed by atoms with Crippen molar-refractivity contribution in [2.45, 2.75) is 63.3 Å². The molecule has 0 saturated heterocycles. The summed E-state index contributed by atoms with van der Waals surface area (Å²) in [7, 11) is 0. The van der Waals surface area contributed by atoms with Gasteiger partial charge in [-0.2, -0.15) is 19.6 Å². The summed E-state index contributed by atoms with van der Waals surface area (Å²) in [6.07, 6.45) is 11.5. The first-order chi connectivity index (χ1) is 10.3. The lowest BCUT2D eigenvalue weighted by atomic mass is 9.99. The molecule has 2 heterocycles. The molecule has 0 atom stereocenters. The Balaban J connectivity index is 1.81. The van der Waals surface area contributed by atoms with Crippen LogP contribution in [0.2, 0.25) is 5.15 Å². The van der Waals surface area contributed by atoms with Crippen LogP contribution in [-0.2, 0) is 0 Å². The summed E-state index contributed by atoms with van der Waals surface area (Å²) in [5, 5.41) is 8.65. The van der Waals surface area contributed by atoms with Gasteiger partial charge in [0.1, 0.15) is 17.3 Å². The van der Waals surface area contributed by atoms with Crippen molar-refractivity contribution in [1.29, 1.82) is 0 Å². The van der Waals surface area contributed by atoms with Crippen molar-refractivity contribution in [1.82, 2.24) is 19.6 Å². The van der Waals surface area contributed by atoms with Gasteiger partial charge in [0.15, 0.2) is 0 Å². The molecule has 6 heteroatoms. The van der Waals surface area contributed by atoms with Gasteiger partial charge in [-0.3, -0.25) is 0 Å². The van der Waals surface area contributed by atoms with Gasteiger partial charge in [0, 0.05) is 11.6 Å². The second-order valence-electron chi connectivity index (χ2n) is 6.24. The zero-order valence-electron chi connectivity index (χ0n) is 12.1. The molecule has 2 saturated carbocycles. The molecule has 2 fully saturated rings. The molecule has 0 radical (unpaired) electrons. The van der Waals surface area contributed by atoms with Crippen LogP contribution in [0, 0.1) is 0 Å². The summed E-state index contributed by atoms with van der Waals surface area (Å²) < 4.78 is 1.83. The van der Waals surface area contributed by atoms with Crippen LogP contribution in [0.5, 0.6) is 0 Å². The first-order valence-corrected chi connectivity index (χ1v) is 8.36. The zero-order chi connectivity index (χ0) is 14.2. The fraction of sp³-hybridized carbons (Fsp3) is 0.667. The predicted molar refractivity (Wildman–Crippen MR) is 82.9 cm³/mol. The topological polar surface area (TPSA) is 55.1 Å². The molecule has 2 aliphatic carbocycles. The van der Waals surface area contributed by atoms with Gasteiger partial charge in [0.25, 0.3) is 5.78 Å². The van der Waals surface area contributed by atoms with Crippen molar-refractivity contribution >= 4 is 23.2 Å². The lowest BCUT2D eigenvalue weighted by molar-refractivity contribution is 0.691. The second-order valence-corrected chi connectivity index (χ2v) is 6.60. The maximum Gasteiger partial charge on any atom is 0.255 e. The first kappa shape index (κ1) is 13.3. The standard InChI is InChI=1S/C15H20ClN5/c16-13-12(10-5-1-2-6-10)14(19-11-7-3-4-8-11)21-15(20-13)17-9-18-21/h9-11,19H,1-8H2. The van der Waals surface area contributed by atoms with Crippen LogP contribution in [-0.4, -0.2) is 25.6 Å². The normalized spacial score (nSPS) is 20.6. The average Bonchev–Trinajstić information content (AvgIpc) is 3.20. The SMILES string of the molecule is Clc1nc2ncnn2c(NC2CCCC2)c1C1CCCC1. The number of rotatable bonds is 3. The first-order valence-electron chi connectivity index (χ1n) is 7.98. The van der Waals surface area contributed by atoms with E-state index in [0.717, 1.165) is 11.4 Å². The van der Waals surface area contributed by atoms with Crippen molar-refractivity contribution < 1.29 is 0 Å². The Morgan fingerprint density at radius 1 is 1.10 bits per heavy atom. The molecular formula is C15H20ClN5. The van der Waals surface area contributed by atoms with Gasteiger partial charge >= 0.3 is 0 Å². The summed E-state index contributed by atoms with van der Waals surface area (Å²) in [4.78, 5) is 8.63. The number of halogens is 1. The third-order valence-corrected chi connectivity index (χ3v) is 5.16. The van der Waals surface area contributed by atoms with Crippen LogP contribution in [0.3, 0.4) is 0 Å². The minimum absolute atomic E-state index is 0.502. The van der Waals surface area contributed by atoms with E-state index in [1.165, 1.54) is 51.4 Å². The number of hydrogen-bond donors (Lipinski definition) is 1. The molecule has 0 aliphatic heterocycles. The van der Waals surface area contributed by atoms with Gasteiger partial charge < -0.3 is 5.32 Å². The van der Waals surface area contributed by atoms with Crippen molar-refractivity contribution in [3.63, 3.8) is 0 Å². The third kappa shape index (κ3) is 2.37. The van der Waals surface area contributed by atoms with Crippen molar-refractivity contribution in [2.24, 2.45) is 0 Å². The summed E-state index contributed by atoms with van der Waals surface area (Å²) in [6.45, 7) is 0. The van der Waals surface area contributed by atoms with Gasteiger partial charge in [0.2, 0.25) is 0 Å². The van der Waals surface area contributed by atoms with Crippen LogP contribution in [0.4, 0.5) is 5.82 Å². The van der Waals surface area contributed by atoms with Crippen LogP contribution >= 0.6 is 11.6 Å². The van der Waals surface area contributed by atoms with E-state index >= 15 is 0 Å². The molecular weight excluding hydrogens is 286 g/mol. The molecule has 0 unspecified atom stereocenters. The molecule has 1 N–H and O–H groups in total. The number of aromatic nitrogens is 4. The maximum atomic E-state index is 6.50. The smallest absolute Gasteiger partial charge is 0.255 e. The van der Waals surface area contributed by atoms with E-state index in [-0.39, 0.29) is 0 Å². The van der Waals surface area contributed by atoms with Crippen molar-refractivity contribution in [3.05, 3.63) is 17.0 Å². The highest BCUT2D eigenvalue weighted by Crippen LogP contribution is 2.41. The third-order valence-electron chi connectivity index (χ3n) is 4.88. The molecule has 21 heavy (non-hydrogen) atoms. The van der Waals surface area contributed by atoms with Crippen molar-refractivity contribution in [2.75, 3.05) is 5.32 Å². The van der Waals surface area contributed by atoms with Crippen LogP contribution in [0.15, 0.2) is 6.33 Å². The molecule has 0 aromatic carbocycles. The molecule has 2 aromatic rings. The Bertz CT molecular complexity index is 641. The van der Waals surface area contributed by atoms with E-state index in [0.29, 0.717) is 22.9 Å². The van der Waals surface area contributed by atoms with Gasteiger partial charge in [-0.1, -0.05) is 37.3 Å². The largest absolute Gasteiger partial charge is 0.367 e. The quantitative estimate of drug-likeness (QED) is 0.877. The highest BCUT2D eigenvalue weighted by atomic mass is 35.5. The highest BCUT2D eigenvalue weighted by Gasteiger charge is 2.28. The number of nitrogens with one attached hydrogen (secondary N) is 1. The fourth-order valence-electron chi connectivity index (χ4n) is 3.81. The van der Waals surface area contributed by atoms with Gasteiger partial charge in [0.05, 0.1) is 0 Å². The predicted octanol–water partition coefficient (Wildman–Crippen LogP) is 3.79. The van der Waals surface area contributed by atoms with E-state index < -0.39 is 0 Å². The molecule has 0 amide bonds. The Labute approximate surface area is 129 Å². The maximum absolute atomic E-state index is 6.50. The monoisotopic (exact) mass is 305 g/mol. The van der Waals surface area contributed by atoms with Gasteiger partial charge in [-0.05, 0) is 31.6 Å². The minimum atomic E-state index is 0.502. The second kappa shape index (κ2) is 5.44. The van der Waals surface area contributed by atoms with Gasteiger partial charge in [-0.15, -0.1) is 0 Å². The fourth-order valence-corrected chi connectivity index (χ4v) is 4.13. The minimum Gasteiger partial charge on any atom is -0.367 e. The van der Waals surface area contributed by atoms with Crippen molar-refractivity contribution in [3.8, 4) is 0 Å². The average molecular weight is 306 g/mol. The van der Waals surface area contributed by atoms with Crippen LogP contribution in [0.25, 0.3) is 5.78 Å². The summed E-state index contributed by atoms with van der Waals surface area (Å²) in [5.74, 6) is 2.12. The number of fused-ring (bicyclic) bond motifs is 1. The summed E-state index contributed by atoms with van der Waals surface area (Å²) >= 11 is 6.50. The van der Waals surface area contributed by atoms with E-state index in [1.807, 2.05) is 4.52 Å². The van der Waals surface area contributed by atoms with E-state index in [2.05, 4.69) is 20.4 Å². The number of anilines is 1. The van der Waals surface area contributed by atoms with Crippen LogP contribution in [0.1, 0.15) is 62.8 Å². The number of nitrogens with zero attached hydrogens (tertiary/aromatic N) is 4. The van der Waals surface area contributed by atoms with E-state index in [9.17, 15) is 0 Å². The van der Waals surface area contributed by atoms with E-state index in [4.69, 9.17) is 11.6 Å². The Kier molecular flexibility index (Phi) is 3.45. The molecule has 5 nitrogen and oxygen atoms in total. The Hall–Kier alpha value is -1.36.